The maximum absolute atomic E-state index is 12.4. The molecule has 2 aliphatic rings. The van der Waals surface area contributed by atoms with Crippen LogP contribution in [0, 0.1) is 11.8 Å². The molecule has 3 unspecified atom stereocenters. The Morgan fingerprint density at radius 3 is 2.46 bits per heavy atom. The summed E-state index contributed by atoms with van der Waals surface area (Å²) < 4.78 is 0. The number of likely N-dealkylation sites (tertiary alicyclic amines) is 1. The third kappa shape index (κ3) is 5.90. The van der Waals surface area contributed by atoms with Gasteiger partial charge in [-0.1, -0.05) is 13.8 Å². The first kappa shape index (κ1) is 19.5. The number of hydrogen-bond donors (Lipinski definition) is 2. The highest BCUT2D eigenvalue weighted by atomic mass is 16.3. The van der Waals surface area contributed by atoms with Gasteiger partial charge in [-0.05, 0) is 32.2 Å². The van der Waals surface area contributed by atoms with Crippen molar-refractivity contribution in [1.82, 2.24) is 20.0 Å². The second-order valence-corrected chi connectivity index (χ2v) is 7.62. The molecule has 2 aliphatic heterocycles. The number of amides is 2. The number of nitrogens with one attached hydrogen (secondary N) is 1. The molecular weight excluding hydrogens is 304 g/mol. The summed E-state index contributed by atoms with van der Waals surface area (Å²) in [6.07, 6.45) is 1.67. The van der Waals surface area contributed by atoms with Crippen molar-refractivity contribution in [2.75, 3.05) is 58.9 Å². The summed E-state index contributed by atoms with van der Waals surface area (Å²) in [6.45, 7) is 15.2. The number of carbonyl (C=O) groups is 1. The fourth-order valence-corrected chi connectivity index (χ4v) is 3.75. The predicted molar refractivity (Wildman–Crippen MR) is 97.1 cm³/mol. The number of likely N-dealkylation sites (N-methyl/N-ethyl adjacent to an activating group) is 1. The van der Waals surface area contributed by atoms with E-state index in [0.717, 1.165) is 65.2 Å². The molecule has 0 aliphatic carbocycles. The van der Waals surface area contributed by atoms with Crippen molar-refractivity contribution in [2.45, 2.75) is 39.7 Å². The monoisotopic (exact) mass is 340 g/mol. The molecule has 6 nitrogen and oxygen atoms in total. The maximum atomic E-state index is 12.4. The van der Waals surface area contributed by atoms with Crippen LogP contribution in [-0.2, 0) is 0 Å². The zero-order chi connectivity index (χ0) is 17.5. The van der Waals surface area contributed by atoms with Crippen molar-refractivity contribution in [3.05, 3.63) is 0 Å². The Bertz CT molecular complexity index is 383. The van der Waals surface area contributed by atoms with Crippen LogP contribution in [0.5, 0.6) is 0 Å². The van der Waals surface area contributed by atoms with E-state index in [1.807, 2.05) is 11.8 Å². The third-order valence-corrected chi connectivity index (χ3v) is 5.51. The number of piperazine rings is 1. The van der Waals surface area contributed by atoms with Crippen LogP contribution in [0.15, 0.2) is 0 Å². The average molecular weight is 341 g/mol. The molecule has 2 fully saturated rings. The molecule has 0 aromatic heterocycles. The number of aliphatic hydroxyl groups is 1. The van der Waals surface area contributed by atoms with E-state index in [4.69, 9.17) is 0 Å². The summed E-state index contributed by atoms with van der Waals surface area (Å²) in [5.41, 5.74) is 0. The van der Waals surface area contributed by atoms with Crippen LogP contribution >= 0.6 is 0 Å². The Hall–Kier alpha value is -0.850. The van der Waals surface area contributed by atoms with E-state index in [9.17, 15) is 9.90 Å². The first-order valence-corrected chi connectivity index (χ1v) is 9.65. The third-order valence-electron chi connectivity index (χ3n) is 5.51. The molecule has 24 heavy (non-hydrogen) atoms. The van der Waals surface area contributed by atoms with Gasteiger partial charge >= 0.3 is 6.03 Å². The van der Waals surface area contributed by atoms with Gasteiger partial charge in [0.2, 0.25) is 0 Å². The molecule has 0 aromatic rings. The molecule has 140 valence electrons. The molecule has 6 heteroatoms. The van der Waals surface area contributed by atoms with Crippen LogP contribution in [0.4, 0.5) is 4.79 Å². The summed E-state index contributed by atoms with van der Waals surface area (Å²) in [4.78, 5) is 19.2. The quantitative estimate of drug-likeness (QED) is 0.759. The van der Waals surface area contributed by atoms with Crippen LogP contribution in [0.3, 0.4) is 0 Å². The van der Waals surface area contributed by atoms with Gasteiger partial charge in [-0.25, -0.2) is 4.79 Å². The lowest BCUT2D eigenvalue weighted by Crippen LogP contribution is -2.50. The standard InChI is InChI=1S/C18H36N4O2/c1-4-20-8-10-21(11-9-20)13-15(2)12-19-18(24)22-7-5-6-17(14-22)16(3)23/h15-17,23H,4-14H2,1-3H3,(H,19,24). The Balaban J connectivity index is 1.66. The highest BCUT2D eigenvalue weighted by Gasteiger charge is 2.26. The highest BCUT2D eigenvalue weighted by molar-refractivity contribution is 5.74. The Morgan fingerprint density at radius 2 is 1.83 bits per heavy atom. The molecule has 3 atom stereocenters. The van der Waals surface area contributed by atoms with E-state index in [1.165, 1.54) is 0 Å². The van der Waals surface area contributed by atoms with E-state index >= 15 is 0 Å². The van der Waals surface area contributed by atoms with Crippen molar-refractivity contribution < 1.29 is 9.90 Å². The number of hydrogen-bond acceptors (Lipinski definition) is 4. The lowest BCUT2D eigenvalue weighted by Gasteiger charge is -2.36. The van der Waals surface area contributed by atoms with Gasteiger partial charge in [0.1, 0.15) is 0 Å². The van der Waals surface area contributed by atoms with Crippen molar-refractivity contribution in [3.63, 3.8) is 0 Å². The molecule has 2 rings (SSSR count). The lowest BCUT2D eigenvalue weighted by molar-refractivity contribution is 0.0734. The van der Waals surface area contributed by atoms with Gasteiger partial charge in [-0.2, -0.15) is 0 Å². The van der Waals surface area contributed by atoms with Crippen LogP contribution in [-0.4, -0.2) is 90.8 Å². The van der Waals surface area contributed by atoms with Crippen LogP contribution in [0.25, 0.3) is 0 Å². The normalized spacial score (nSPS) is 26.2. The van der Waals surface area contributed by atoms with Gasteiger partial charge in [0.15, 0.2) is 0 Å². The zero-order valence-corrected chi connectivity index (χ0v) is 15.7. The smallest absolute Gasteiger partial charge is 0.317 e. The molecule has 0 aromatic carbocycles. The largest absolute Gasteiger partial charge is 0.393 e. The van der Waals surface area contributed by atoms with Crippen molar-refractivity contribution in [3.8, 4) is 0 Å². The van der Waals surface area contributed by atoms with Gasteiger partial charge < -0.3 is 25.1 Å². The van der Waals surface area contributed by atoms with Crippen LogP contribution in [0.2, 0.25) is 0 Å². The Labute approximate surface area is 147 Å². The molecule has 2 amide bonds. The minimum Gasteiger partial charge on any atom is -0.393 e. The maximum Gasteiger partial charge on any atom is 0.317 e. The number of carbonyl (C=O) groups excluding carboxylic acids is 1. The van der Waals surface area contributed by atoms with Gasteiger partial charge in [-0.3, -0.25) is 0 Å². The molecule has 2 heterocycles. The molecule has 2 saturated heterocycles. The predicted octanol–water partition coefficient (Wildman–Crippen LogP) is 1.06. The van der Waals surface area contributed by atoms with Gasteiger partial charge in [0.25, 0.3) is 0 Å². The molecule has 2 N–H and O–H groups in total. The highest BCUT2D eigenvalue weighted by Crippen LogP contribution is 2.19. The van der Waals surface area contributed by atoms with Crippen LogP contribution in [0.1, 0.15) is 33.6 Å². The summed E-state index contributed by atoms with van der Waals surface area (Å²) in [6, 6.07) is 0.0306. The summed E-state index contributed by atoms with van der Waals surface area (Å²) in [7, 11) is 0. The SMILES string of the molecule is CCN1CCN(CC(C)CNC(=O)N2CCCC(C(C)O)C2)CC1. The fourth-order valence-electron chi connectivity index (χ4n) is 3.75. The summed E-state index contributed by atoms with van der Waals surface area (Å²) >= 11 is 0. The van der Waals surface area contributed by atoms with Crippen molar-refractivity contribution in [2.24, 2.45) is 11.8 Å². The molecule has 0 radical (unpaired) electrons. The Kier molecular flexibility index (Phi) is 7.78. The topological polar surface area (TPSA) is 59.0 Å². The van der Waals surface area contributed by atoms with Gasteiger partial charge in [0.05, 0.1) is 6.10 Å². The molecular formula is C18H36N4O2. The van der Waals surface area contributed by atoms with E-state index in [2.05, 4.69) is 29.0 Å². The molecule has 0 spiro atoms. The summed E-state index contributed by atoms with van der Waals surface area (Å²) in [5, 5.41) is 12.8. The van der Waals surface area contributed by atoms with Gasteiger partial charge in [-0.15, -0.1) is 0 Å². The lowest BCUT2D eigenvalue weighted by atomic mass is 9.94. The minimum atomic E-state index is -0.332. The number of nitrogens with zero attached hydrogens (tertiary/aromatic N) is 3. The molecule has 0 saturated carbocycles. The van der Waals surface area contributed by atoms with Crippen LogP contribution < -0.4 is 5.32 Å². The number of urea groups is 1. The molecule has 0 bridgehead atoms. The first-order chi connectivity index (χ1) is 11.5. The minimum absolute atomic E-state index is 0.0306. The number of aliphatic hydroxyl groups excluding tert-OH is 1. The van der Waals surface area contributed by atoms with E-state index in [-0.39, 0.29) is 18.1 Å². The summed E-state index contributed by atoms with van der Waals surface area (Å²) in [5.74, 6) is 0.677. The first-order valence-electron chi connectivity index (χ1n) is 9.65. The number of piperidine rings is 1. The van der Waals surface area contributed by atoms with E-state index < -0.39 is 0 Å². The van der Waals surface area contributed by atoms with Crippen molar-refractivity contribution in [1.29, 1.82) is 0 Å². The second kappa shape index (κ2) is 9.59. The second-order valence-electron chi connectivity index (χ2n) is 7.62. The van der Waals surface area contributed by atoms with Gasteiger partial charge in [0, 0.05) is 58.3 Å². The van der Waals surface area contributed by atoms with E-state index in [0.29, 0.717) is 12.5 Å². The van der Waals surface area contributed by atoms with Crippen molar-refractivity contribution >= 4 is 6.03 Å². The Morgan fingerprint density at radius 1 is 1.17 bits per heavy atom. The zero-order valence-electron chi connectivity index (χ0n) is 15.7. The number of rotatable bonds is 6. The average Bonchev–Trinajstić information content (AvgIpc) is 2.60. The fraction of sp³-hybridized carbons (Fsp3) is 0.944. The van der Waals surface area contributed by atoms with E-state index in [1.54, 1.807) is 0 Å².